The van der Waals surface area contributed by atoms with Crippen LogP contribution in [0, 0.1) is 0 Å². The molecule has 1 unspecified atom stereocenters. The number of rotatable bonds is 6. The lowest BCUT2D eigenvalue weighted by atomic mass is 10.1. The molecule has 0 aliphatic carbocycles. The molecular weight excluding hydrogens is 404 g/mol. The highest BCUT2D eigenvalue weighted by Gasteiger charge is 2.25. The molecule has 4 rings (SSSR count). The minimum atomic E-state index is -0.643. The van der Waals surface area contributed by atoms with Crippen molar-refractivity contribution >= 4 is 23.2 Å². The number of thiophene rings is 1. The number of hydrogen-bond donors (Lipinski definition) is 2. The second-order valence-electron chi connectivity index (χ2n) is 7.49. The fourth-order valence-electron chi connectivity index (χ4n) is 3.64. The second kappa shape index (κ2) is 9.46. The molecule has 30 heavy (non-hydrogen) atoms. The van der Waals surface area contributed by atoms with Crippen LogP contribution in [0.4, 0.5) is 0 Å². The maximum atomic E-state index is 12.4. The second-order valence-corrected chi connectivity index (χ2v) is 8.27. The number of carbonyl (C=O) groups is 2. The van der Waals surface area contributed by atoms with E-state index in [9.17, 15) is 9.59 Å². The monoisotopic (exact) mass is 430 g/mol. The summed E-state index contributed by atoms with van der Waals surface area (Å²) in [6.07, 6.45) is 0. The van der Waals surface area contributed by atoms with Crippen molar-refractivity contribution in [2.24, 2.45) is 0 Å². The van der Waals surface area contributed by atoms with E-state index in [1.165, 1.54) is 5.56 Å². The molecule has 0 bridgehead atoms. The van der Waals surface area contributed by atoms with Crippen LogP contribution in [0.2, 0.25) is 0 Å². The standard InChI is InChI=1S/C21H26N4O4S/c1-24-5-7-25(8-6-24)17(16-4-9-30-13-16)12-23-21(27)20(26)22-11-15-2-3-18-19(10-15)29-14-28-18/h2-4,9-10,13,17H,5-8,11-12,14H2,1H3,(H,22,26)(H,23,27). The Balaban J connectivity index is 1.30. The lowest BCUT2D eigenvalue weighted by Crippen LogP contribution is -2.49. The van der Waals surface area contributed by atoms with Crippen molar-refractivity contribution in [2.75, 3.05) is 46.6 Å². The van der Waals surface area contributed by atoms with Crippen LogP contribution in [0.3, 0.4) is 0 Å². The topological polar surface area (TPSA) is 83.1 Å². The average molecular weight is 431 g/mol. The van der Waals surface area contributed by atoms with Crippen molar-refractivity contribution in [1.29, 1.82) is 0 Å². The number of hydrogen-bond acceptors (Lipinski definition) is 7. The van der Waals surface area contributed by atoms with Gasteiger partial charge in [0.25, 0.3) is 0 Å². The third-order valence-electron chi connectivity index (χ3n) is 5.46. The number of nitrogens with zero attached hydrogens (tertiary/aromatic N) is 2. The Labute approximate surface area is 179 Å². The molecular formula is C21H26N4O4S. The molecule has 0 saturated carbocycles. The number of benzene rings is 1. The number of amides is 2. The quantitative estimate of drug-likeness (QED) is 0.670. The fraction of sp³-hybridized carbons (Fsp3) is 0.429. The lowest BCUT2D eigenvalue weighted by molar-refractivity contribution is -0.139. The Hall–Kier alpha value is -2.62. The molecule has 3 heterocycles. The molecule has 1 fully saturated rings. The molecule has 9 heteroatoms. The van der Waals surface area contributed by atoms with Gasteiger partial charge in [0, 0.05) is 39.3 Å². The van der Waals surface area contributed by atoms with E-state index in [0.29, 0.717) is 18.0 Å². The molecule has 0 spiro atoms. The molecule has 2 N–H and O–H groups in total. The van der Waals surface area contributed by atoms with Gasteiger partial charge in [-0.3, -0.25) is 14.5 Å². The Morgan fingerprint density at radius 3 is 2.60 bits per heavy atom. The Bertz CT molecular complexity index is 881. The molecule has 0 radical (unpaired) electrons. The van der Waals surface area contributed by atoms with Gasteiger partial charge in [-0.05, 0) is 47.1 Å². The first kappa shape index (κ1) is 20.6. The summed E-state index contributed by atoms with van der Waals surface area (Å²) in [5.74, 6) is 0.0726. The molecule has 8 nitrogen and oxygen atoms in total. The molecule has 2 aromatic rings. The van der Waals surface area contributed by atoms with E-state index in [0.717, 1.165) is 31.7 Å². The van der Waals surface area contributed by atoms with Crippen LogP contribution in [-0.2, 0) is 16.1 Å². The number of carbonyl (C=O) groups excluding carboxylic acids is 2. The number of piperazine rings is 1. The van der Waals surface area contributed by atoms with E-state index < -0.39 is 11.8 Å². The van der Waals surface area contributed by atoms with Crippen LogP contribution in [0.25, 0.3) is 0 Å². The smallest absolute Gasteiger partial charge is 0.309 e. The largest absolute Gasteiger partial charge is 0.454 e. The highest BCUT2D eigenvalue weighted by Crippen LogP contribution is 2.32. The predicted octanol–water partition coefficient (Wildman–Crippen LogP) is 1.20. The van der Waals surface area contributed by atoms with E-state index in [-0.39, 0.29) is 19.4 Å². The van der Waals surface area contributed by atoms with Gasteiger partial charge in [-0.1, -0.05) is 6.07 Å². The van der Waals surface area contributed by atoms with Gasteiger partial charge in [-0.2, -0.15) is 11.3 Å². The van der Waals surface area contributed by atoms with Gasteiger partial charge in [0.2, 0.25) is 6.79 Å². The van der Waals surface area contributed by atoms with Gasteiger partial charge < -0.3 is 25.0 Å². The summed E-state index contributed by atoms with van der Waals surface area (Å²) < 4.78 is 10.6. The van der Waals surface area contributed by atoms with Crippen LogP contribution < -0.4 is 20.1 Å². The van der Waals surface area contributed by atoms with Crippen molar-refractivity contribution in [3.8, 4) is 11.5 Å². The summed E-state index contributed by atoms with van der Waals surface area (Å²) >= 11 is 1.64. The molecule has 1 saturated heterocycles. The Morgan fingerprint density at radius 2 is 1.83 bits per heavy atom. The van der Waals surface area contributed by atoms with Gasteiger partial charge in [0.1, 0.15) is 0 Å². The molecule has 1 aromatic carbocycles. The molecule has 2 amide bonds. The minimum absolute atomic E-state index is 0.0653. The maximum absolute atomic E-state index is 12.4. The van der Waals surface area contributed by atoms with Crippen LogP contribution >= 0.6 is 11.3 Å². The highest BCUT2D eigenvalue weighted by atomic mass is 32.1. The Kier molecular flexibility index (Phi) is 6.51. The summed E-state index contributed by atoms with van der Waals surface area (Å²) in [5.41, 5.74) is 2.01. The minimum Gasteiger partial charge on any atom is -0.454 e. The van der Waals surface area contributed by atoms with E-state index in [1.807, 2.05) is 11.4 Å². The van der Waals surface area contributed by atoms with Crippen molar-refractivity contribution in [1.82, 2.24) is 20.4 Å². The predicted molar refractivity (Wildman–Crippen MR) is 114 cm³/mol. The zero-order valence-corrected chi connectivity index (χ0v) is 17.7. The van der Waals surface area contributed by atoms with Gasteiger partial charge in [0.05, 0.1) is 6.04 Å². The van der Waals surface area contributed by atoms with Crippen LogP contribution in [-0.4, -0.2) is 68.2 Å². The van der Waals surface area contributed by atoms with E-state index in [2.05, 4.69) is 38.9 Å². The fourth-order valence-corrected chi connectivity index (χ4v) is 4.35. The summed E-state index contributed by atoms with van der Waals surface area (Å²) in [6, 6.07) is 7.59. The zero-order valence-electron chi connectivity index (χ0n) is 16.9. The van der Waals surface area contributed by atoms with Crippen molar-refractivity contribution < 1.29 is 19.1 Å². The molecule has 1 atom stereocenters. The average Bonchev–Trinajstić information content (AvgIpc) is 3.45. The zero-order chi connectivity index (χ0) is 20.9. The third-order valence-corrected chi connectivity index (χ3v) is 6.16. The number of nitrogens with one attached hydrogen (secondary N) is 2. The van der Waals surface area contributed by atoms with E-state index >= 15 is 0 Å². The van der Waals surface area contributed by atoms with Crippen LogP contribution in [0.1, 0.15) is 17.2 Å². The molecule has 2 aliphatic rings. The van der Waals surface area contributed by atoms with E-state index in [4.69, 9.17) is 9.47 Å². The highest BCUT2D eigenvalue weighted by molar-refractivity contribution is 7.08. The Morgan fingerprint density at radius 1 is 1.07 bits per heavy atom. The van der Waals surface area contributed by atoms with Crippen LogP contribution in [0.5, 0.6) is 11.5 Å². The van der Waals surface area contributed by atoms with Gasteiger partial charge >= 0.3 is 11.8 Å². The molecule has 160 valence electrons. The third kappa shape index (κ3) is 4.92. The van der Waals surface area contributed by atoms with Gasteiger partial charge in [0.15, 0.2) is 11.5 Å². The first-order valence-electron chi connectivity index (χ1n) is 9.99. The summed E-state index contributed by atoms with van der Waals surface area (Å²) in [7, 11) is 2.11. The van der Waals surface area contributed by atoms with E-state index in [1.54, 1.807) is 23.5 Å². The number of fused-ring (bicyclic) bond motifs is 1. The summed E-state index contributed by atoms with van der Waals surface area (Å²) in [5, 5.41) is 9.63. The van der Waals surface area contributed by atoms with Crippen molar-refractivity contribution in [3.63, 3.8) is 0 Å². The normalized spacial score (nSPS) is 17.5. The van der Waals surface area contributed by atoms with Gasteiger partial charge in [-0.25, -0.2) is 0 Å². The number of likely N-dealkylation sites (N-methyl/N-ethyl adjacent to an activating group) is 1. The first-order chi connectivity index (χ1) is 14.6. The summed E-state index contributed by atoms with van der Waals surface area (Å²) in [6.45, 7) is 4.69. The SMILES string of the molecule is CN1CCN(C(CNC(=O)C(=O)NCc2ccc3c(c2)OCO3)c2ccsc2)CC1. The molecule has 2 aliphatic heterocycles. The van der Waals surface area contributed by atoms with Crippen molar-refractivity contribution in [2.45, 2.75) is 12.6 Å². The number of ether oxygens (including phenoxy) is 2. The molecule has 1 aromatic heterocycles. The first-order valence-corrected chi connectivity index (χ1v) is 10.9. The van der Waals surface area contributed by atoms with Gasteiger partial charge in [-0.15, -0.1) is 0 Å². The maximum Gasteiger partial charge on any atom is 0.309 e. The summed E-state index contributed by atoms with van der Waals surface area (Å²) in [4.78, 5) is 29.3. The lowest BCUT2D eigenvalue weighted by Gasteiger charge is -2.37. The van der Waals surface area contributed by atoms with Crippen molar-refractivity contribution in [3.05, 3.63) is 46.2 Å². The van der Waals surface area contributed by atoms with Crippen LogP contribution in [0.15, 0.2) is 35.0 Å².